The number of carbonyl (C=O) groups excluding carboxylic acids is 1. The van der Waals surface area contributed by atoms with E-state index >= 15 is 0 Å². The third-order valence-corrected chi connectivity index (χ3v) is 7.80. The number of urea groups is 1. The van der Waals surface area contributed by atoms with Gasteiger partial charge in [0.2, 0.25) is 5.95 Å². The van der Waals surface area contributed by atoms with Gasteiger partial charge in [0.05, 0.1) is 18.0 Å². The first-order chi connectivity index (χ1) is 21.5. The quantitative estimate of drug-likeness (QED) is 0.266. The first-order valence-electron chi connectivity index (χ1n) is 14.6. The Morgan fingerprint density at radius 2 is 1.80 bits per heavy atom. The molecule has 12 nitrogen and oxygen atoms in total. The number of anilines is 2. The van der Waals surface area contributed by atoms with Crippen LogP contribution in [0.1, 0.15) is 36.8 Å². The highest BCUT2D eigenvalue weighted by Crippen LogP contribution is 2.30. The van der Waals surface area contributed by atoms with Crippen molar-refractivity contribution in [2.45, 2.75) is 44.3 Å². The number of hydrogen-bond acceptors (Lipinski definition) is 8. The van der Waals surface area contributed by atoms with Crippen molar-refractivity contribution in [1.82, 2.24) is 39.8 Å². The Balaban J connectivity index is 1.17. The molecule has 0 unspecified atom stereocenters. The number of amides is 2. The maximum Gasteiger partial charge on any atom is 0.323 e. The van der Waals surface area contributed by atoms with Gasteiger partial charge in [0.15, 0.2) is 0 Å². The first-order valence-corrected chi connectivity index (χ1v) is 14.6. The maximum atomic E-state index is 13.7. The number of aromatic nitrogens is 7. The summed E-state index contributed by atoms with van der Waals surface area (Å²) in [6.07, 6.45) is 12.0. The summed E-state index contributed by atoms with van der Waals surface area (Å²) in [5.41, 5.74) is 4.43. The topological polar surface area (TPSA) is 142 Å². The zero-order valence-electron chi connectivity index (χ0n) is 24.6. The van der Waals surface area contributed by atoms with E-state index in [-0.39, 0.29) is 18.1 Å². The Morgan fingerprint density at radius 1 is 0.977 bits per heavy atom. The fourth-order valence-corrected chi connectivity index (χ4v) is 5.52. The molecular formula is C32H33N11O. The van der Waals surface area contributed by atoms with Gasteiger partial charge in [-0.1, -0.05) is 30.3 Å². The summed E-state index contributed by atoms with van der Waals surface area (Å²) in [6.45, 7) is 0.426. The van der Waals surface area contributed by atoms with E-state index in [1.807, 2.05) is 75.0 Å². The molecule has 1 saturated carbocycles. The summed E-state index contributed by atoms with van der Waals surface area (Å²) in [4.78, 5) is 29.2. The van der Waals surface area contributed by atoms with Crippen molar-refractivity contribution < 1.29 is 4.79 Å². The minimum Gasteiger partial charge on any atom is -0.351 e. The summed E-state index contributed by atoms with van der Waals surface area (Å²) in [5.74, 6) is 1.06. The zero-order valence-corrected chi connectivity index (χ0v) is 24.6. The average molecular weight is 588 g/mol. The number of pyridine rings is 1. The third kappa shape index (κ3) is 6.42. The van der Waals surface area contributed by atoms with Crippen LogP contribution >= 0.6 is 0 Å². The molecular weight excluding hydrogens is 554 g/mol. The van der Waals surface area contributed by atoms with Gasteiger partial charge in [0, 0.05) is 62.4 Å². The zero-order chi connectivity index (χ0) is 30.5. The molecule has 12 heteroatoms. The SMILES string of the molecule is Cn1cc(-c2ccc(N(C(=O)NCc3ccccc3)[C@H]3CC[C@H](Nc4ncc(C#N)c(-c5ccn(C)n5)n4)CC3)nc2)cn1. The van der Waals surface area contributed by atoms with E-state index < -0.39 is 0 Å². The number of nitriles is 1. The fourth-order valence-electron chi connectivity index (χ4n) is 5.52. The summed E-state index contributed by atoms with van der Waals surface area (Å²) in [7, 11) is 3.70. The largest absolute Gasteiger partial charge is 0.351 e. The number of nitrogens with one attached hydrogen (secondary N) is 2. The molecule has 1 aliphatic rings. The van der Waals surface area contributed by atoms with E-state index in [1.54, 1.807) is 26.7 Å². The van der Waals surface area contributed by atoms with Gasteiger partial charge in [0.25, 0.3) is 0 Å². The van der Waals surface area contributed by atoms with Crippen molar-refractivity contribution in [3.63, 3.8) is 0 Å². The normalized spacial score (nSPS) is 16.2. The number of rotatable bonds is 8. The van der Waals surface area contributed by atoms with Gasteiger partial charge in [-0.3, -0.25) is 14.3 Å². The molecule has 0 radical (unpaired) electrons. The van der Waals surface area contributed by atoms with Crippen molar-refractivity contribution in [3.8, 4) is 28.6 Å². The monoisotopic (exact) mass is 587 g/mol. The van der Waals surface area contributed by atoms with Crippen LogP contribution in [0.25, 0.3) is 22.5 Å². The lowest BCUT2D eigenvalue weighted by Crippen LogP contribution is -2.49. The lowest BCUT2D eigenvalue weighted by molar-refractivity contribution is 0.240. The van der Waals surface area contributed by atoms with Crippen molar-refractivity contribution in [1.29, 1.82) is 5.26 Å². The Bertz CT molecular complexity index is 1760. The van der Waals surface area contributed by atoms with E-state index in [9.17, 15) is 10.1 Å². The van der Waals surface area contributed by atoms with Crippen molar-refractivity contribution >= 4 is 17.8 Å². The molecule has 1 aliphatic carbocycles. The summed E-state index contributed by atoms with van der Waals surface area (Å²) in [5, 5.41) is 24.8. The number of nitrogens with zero attached hydrogens (tertiary/aromatic N) is 9. The molecule has 5 aromatic rings. The number of carbonyl (C=O) groups is 1. The smallest absolute Gasteiger partial charge is 0.323 e. The van der Waals surface area contributed by atoms with Crippen molar-refractivity contribution in [3.05, 3.63) is 90.6 Å². The van der Waals surface area contributed by atoms with Crippen molar-refractivity contribution in [2.75, 3.05) is 10.2 Å². The Morgan fingerprint density at radius 3 is 2.45 bits per heavy atom. The van der Waals surface area contributed by atoms with Gasteiger partial charge in [-0.05, 0) is 49.4 Å². The Labute approximate surface area is 255 Å². The minimum absolute atomic E-state index is 0.0356. The van der Waals surface area contributed by atoms with Crippen LogP contribution in [-0.4, -0.2) is 52.6 Å². The Kier molecular flexibility index (Phi) is 8.27. The van der Waals surface area contributed by atoms with Crippen LogP contribution in [-0.2, 0) is 20.6 Å². The standard InChI is InChI=1S/C32H33N11O/c1-41-15-14-28(40-41)30-24(16-33)19-35-31(39-30)38-26-9-11-27(12-10-26)43(32(44)36-17-22-6-4-3-5-7-22)29-13-8-23(18-34-29)25-20-37-42(2)21-25/h3-8,13-15,18-21,26-27H,9-12,17H2,1-2H3,(H,36,44)(H,35,38,39)/t26-,27-. The van der Waals surface area contributed by atoms with E-state index in [0.717, 1.165) is 42.4 Å². The van der Waals surface area contributed by atoms with Crippen LogP contribution in [0.2, 0.25) is 0 Å². The summed E-state index contributed by atoms with van der Waals surface area (Å²) in [6, 6.07) is 17.6. The lowest BCUT2D eigenvalue weighted by Gasteiger charge is -2.36. The molecule has 0 spiro atoms. The molecule has 222 valence electrons. The van der Waals surface area contributed by atoms with Gasteiger partial charge < -0.3 is 10.6 Å². The second-order valence-electron chi connectivity index (χ2n) is 10.9. The number of benzene rings is 1. The van der Waals surface area contributed by atoms with Crippen molar-refractivity contribution in [2.24, 2.45) is 14.1 Å². The average Bonchev–Trinajstić information content (AvgIpc) is 3.70. The molecule has 44 heavy (non-hydrogen) atoms. The molecule has 6 rings (SSSR count). The summed E-state index contributed by atoms with van der Waals surface area (Å²) < 4.78 is 3.43. The van der Waals surface area contributed by atoms with Crippen LogP contribution in [0, 0.1) is 11.3 Å². The molecule has 4 heterocycles. The predicted molar refractivity (Wildman–Crippen MR) is 166 cm³/mol. The van der Waals surface area contributed by atoms with E-state index in [4.69, 9.17) is 4.98 Å². The van der Waals surface area contributed by atoms with Gasteiger partial charge in [-0.15, -0.1) is 0 Å². The Hall–Kier alpha value is -5.57. The second-order valence-corrected chi connectivity index (χ2v) is 10.9. The van der Waals surface area contributed by atoms with E-state index in [0.29, 0.717) is 35.3 Å². The number of hydrogen-bond donors (Lipinski definition) is 2. The first kappa shape index (κ1) is 28.5. The maximum absolute atomic E-state index is 13.7. The minimum atomic E-state index is -0.178. The van der Waals surface area contributed by atoms with Gasteiger partial charge in [-0.2, -0.15) is 15.5 Å². The molecule has 1 fully saturated rings. The van der Waals surface area contributed by atoms with E-state index in [1.165, 1.54) is 6.20 Å². The number of aryl methyl sites for hydroxylation is 2. The van der Waals surface area contributed by atoms with Crippen LogP contribution < -0.4 is 15.5 Å². The highest BCUT2D eigenvalue weighted by atomic mass is 16.2. The predicted octanol–water partition coefficient (Wildman–Crippen LogP) is 4.68. The molecule has 0 atom stereocenters. The molecule has 0 bridgehead atoms. The molecule has 2 amide bonds. The fraction of sp³-hybridized carbons (Fsp3) is 0.281. The molecule has 2 N–H and O–H groups in total. The molecule has 1 aromatic carbocycles. The van der Waals surface area contributed by atoms with Gasteiger partial charge in [0.1, 0.15) is 23.3 Å². The molecule has 0 aliphatic heterocycles. The van der Waals surface area contributed by atoms with Gasteiger partial charge >= 0.3 is 6.03 Å². The lowest BCUT2D eigenvalue weighted by atomic mass is 9.90. The van der Waals surface area contributed by atoms with Crippen LogP contribution in [0.3, 0.4) is 0 Å². The molecule has 0 saturated heterocycles. The van der Waals surface area contributed by atoms with E-state index in [2.05, 4.69) is 36.9 Å². The highest BCUT2D eigenvalue weighted by Gasteiger charge is 2.31. The van der Waals surface area contributed by atoms with Crippen LogP contribution in [0.5, 0.6) is 0 Å². The van der Waals surface area contributed by atoms with Crippen LogP contribution in [0.4, 0.5) is 16.6 Å². The van der Waals surface area contributed by atoms with Crippen LogP contribution in [0.15, 0.2) is 79.5 Å². The molecule has 4 aromatic heterocycles. The summed E-state index contributed by atoms with van der Waals surface area (Å²) >= 11 is 0. The second kappa shape index (κ2) is 12.7. The van der Waals surface area contributed by atoms with Gasteiger partial charge in [-0.25, -0.2) is 19.7 Å². The highest BCUT2D eigenvalue weighted by molar-refractivity contribution is 5.91. The third-order valence-electron chi connectivity index (χ3n) is 7.80.